The van der Waals surface area contributed by atoms with Crippen LogP contribution in [0.15, 0.2) is 30.3 Å². The molecule has 1 fully saturated rings. The van der Waals surface area contributed by atoms with Crippen LogP contribution in [0.1, 0.15) is 39.2 Å². The third kappa shape index (κ3) is 3.32. The largest absolute Gasteiger partial charge is 0.296 e. The topological polar surface area (TPSA) is 3.24 Å². The van der Waals surface area contributed by atoms with Crippen LogP contribution < -0.4 is 0 Å². The molecule has 0 aliphatic carbocycles. The first-order valence-corrected chi connectivity index (χ1v) is 6.95. The molecule has 0 amide bonds. The lowest BCUT2D eigenvalue weighted by molar-refractivity contribution is 0.0897. The van der Waals surface area contributed by atoms with Crippen LogP contribution in [-0.4, -0.2) is 17.5 Å². The summed E-state index contributed by atoms with van der Waals surface area (Å²) in [6.07, 6.45) is 2.76. The van der Waals surface area contributed by atoms with Gasteiger partial charge in [-0.15, -0.1) is 0 Å². The fraction of sp³-hybridized carbons (Fsp3) is 0.625. The van der Waals surface area contributed by atoms with Gasteiger partial charge in [-0.2, -0.15) is 0 Å². The standard InChI is InChI=1S/C16H25N/c1-13(2)16-10-9-14(3)17(12-16)11-15-7-5-4-6-8-15/h4-8,13-14,16H,9-12H2,1-3H3/t14-,16+/m0/s1. The summed E-state index contributed by atoms with van der Waals surface area (Å²) in [5.74, 6) is 1.70. The third-order valence-corrected chi connectivity index (χ3v) is 4.22. The highest BCUT2D eigenvalue weighted by Gasteiger charge is 2.26. The van der Waals surface area contributed by atoms with Crippen LogP contribution in [-0.2, 0) is 6.54 Å². The van der Waals surface area contributed by atoms with Crippen LogP contribution in [0.25, 0.3) is 0 Å². The number of piperidine rings is 1. The van der Waals surface area contributed by atoms with Gasteiger partial charge in [-0.05, 0) is 37.2 Å². The second-order valence-corrected chi connectivity index (χ2v) is 5.85. The first-order chi connectivity index (χ1) is 8.16. The summed E-state index contributed by atoms with van der Waals surface area (Å²) < 4.78 is 0. The molecular formula is C16H25N. The van der Waals surface area contributed by atoms with Crippen molar-refractivity contribution in [3.63, 3.8) is 0 Å². The van der Waals surface area contributed by atoms with E-state index in [0.29, 0.717) is 0 Å². The fourth-order valence-corrected chi connectivity index (χ4v) is 2.79. The average molecular weight is 231 g/mol. The van der Waals surface area contributed by atoms with E-state index in [0.717, 1.165) is 24.4 Å². The second kappa shape index (κ2) is 5.68. The van der Waals surface area contributed by atoms with Crippen LogP contribution >= 0.6 is 0 Å². The van der Waals surface area contributed by atoms with Crippen molar-refractivity contribution in [3.05, 3.63) is 35.9 Å². The molecular weight excluding hydrogens is 206 g/mol. The second-order valence-electron chi connectivity index (χ2n) is 5.85. The van der Waals surface area contributed by atoms with E-state index >= 15 is 0 Å². The Morgan fingerprint density at radius 2 is 1.88 bits per heavy atom. The van der Waals surface area contributed by atoms with Gasteiger partial charge in [0.15, 0.2) is 0 Å². The number of hydrogen-bond acceptors (Lipinski definition) is 1. The molecule has 94 valence electrons. The summed E-state index contributed by atoms with van der Waals surface area (Å²) in [7, 11) is 0. The summed E-state index contributed by atoms with van der Waals surface area (Å²) in [6, 6.07) is 11.6. The number of benzene rings is 1. The zero-order valence-electron chi connectivity index (χ0n) is 11.4. The lowest BCUT2D eigenvalue weighted by Crippen LogP contribution is -2.42. The molecule has 2 atom stereocenters. The van der Waals surface area contributed by atoms with E-state index in [1.54, 1.807) is 0 Å². The minimum absolute atomic E-state index is 0.741. The van der Waals surface area contributed by atoms with Gasteiger partial charge in [-0.1, -0.05) is 44.2 Å². The number of likely N-dealkylation sites (tertiary alicyclic amines) is 1. The Labute approximate surface area is 106 Å². The lowest BCUT2D eigenvalue weighted by Gasteiger charge is -2.39. The van der Waals surface area contributed by atoms with Gasteiger partial charge in [0.05, 0.1) is 0 Å². The van der Waals surface area contributed by atoms with E-state index in [1.807, 2.05) is 0 Å². The zero-order chi connectivity index (χ0) is 12.3. The highest BCUT2D eigenvalue weighted by atomic mass is 15.2. The fourth-order valence-electron chi connectivity index (χ4n) is 2.79. The Morgan fingerprint density at radius 1 is 1.18 bits per heavy atom. The molecule has 0 radical (unpaired) electrons. The molecule has 0 unspecified atom stereocenters. The van der Waals surface area contributed by atoms with Crippen LogP contribution in [0.3, 0.4) is 0 Å². The molecule has 0 N–H and O–H groups in total. The molecule has 1 aliphatic rings. The highest BCUT2D eigenvalue weighted by Crippen LogP contribution is 2.28. The normalized spacial score (nSPS) is 26.4. The maximum Gasteiger partial charge on any atom is 0.0236 e. The molecule has 2 rings (SSSR count). The van der Waals surface area contributed by atoms with Crippen molar-refractivity contribution < 1.29 is 0 Å². The summed E-state index contributed by atoms with van der Waals surface area (Å²) in [6.45, 7) is 9.49. The molecule has 1 heteroatoms. The van der Waals surface area contributed by atoms with Gasteiger partial charge in [-0.25, -0.2) is 0 Å². The Balaban J connectivity index is 1.99. The lowest BCUT2D eigenvalue weighted by atomic mass is 9.85. The molecule has 1 aromatic rings. The van der Waals surface area contributed by atoms with Crippen molar-refractivity contribution in [3.8, 4) is 0 Å². The molecule has 0 bridgehead atoms. The maximum atomic E-state index is 2.66. The van der Waals surface area contributed by atoms with Gasteiger partial charge in [-0.3, -0.25) is 4.90 Å². The van der Waals surface area contributed by atoms with Crippen LogP contribution in [0.4, 0.5) is 0 Å². The SMILES string of the molecule is CC(C)[C@@H]1CC[C@H](C)N(Cc2ccccc2)C1. The van der Waals surface area contributed by atoms with Crippen molar-refractivity contribution in [1.29, 1.82) is 0 Å². The molecule has 17 heavy (non-hydrogen) atoms. The van der Waals surface area contributed by atoms with Gasteiger partial charge in [0.25, 0.3) is 0 Å². The molecule has 1 aliphatic heterocycles. The van der Waals surface area contributed by atoms with Crippen molar-refractivity contribution >= 4 is 0 Å². The Hall–Kier alpha value is -0.820. The van der Waals surface area contributed by atoms with Crippen molar-refractivity contribution in [1.82, 2.24) is 4.90 Å². The van der Waals surface area contributed by atoms with Gasteiger partial charge in [0.2, 0.25) is 0 Å². The molecule has 1 nitrogen and oxygen atoms in total. The van der Waals surface area contributed by atoms with Crippen molar-refractivity contribution in [2.24, 2.45) is 11.8 Å². The number of rotatable bonds is 3. The Bertz CT molecular complexity index is 331. The quantitative estimate of drug-likeness (QED) is 0.761. The number of hydrogen-bond donors (Lipinski definition) is 0. The van der Waals surface area contributed by atoms with E-state index < -0.39 is 0 Å². The van der Waals surface area contributed by atoms with E-state index in [2.05, 4.69) is 56.0 Å². The zero-order valence-corrected chi connectivity index (χ0v) is 11.4. The molecule has 0 aromatic heterocycles. The highest BCUT2D eigenvalue weighted by molar-refractivity contribution is 5.14. The summed E-state index contributed by atoms with van der Waals surface area (Å²) >= 11 is 0. The molecule has 1 saturated heterocycles. The number of nitrogens with zero attached hydrogens (tertiary/aromatic N) is 1. The van der Waals surface area contributed by atoms with Crippen molar-refractivity contribution in [2.45, 2.75) is 46.2 Å². The van der Waals surface area contributed by atoms with Gasteiger partial charge >= 0.3 is 0 Å². The van der Waals surface area contributed by atoms with Crippen LogP contribution in [0.5, 0.6) is 0 Å². The van der Waals surface area contributed by atoms with E-state index in [4.69, 9.17) is 0 Å². The average Bonchev–Trinajstić information content (AvgIpc) is 2.33. The summed E-state index contributed by atoms with van der Waals surface area (Å²) in [5, 5.41) is 0. The molecule has 1 heterocycles. The Morgan fingerprint density at radius 3 is 2.53 bits per heavy atom. The predicted octanol–water partition coefficient (Wildman–Crippen LogP) is 3.94. The van der Waals surface area contributed by atoms with E-state index in [9.17, 15) is 0 Å². The van der Waals surface area contributed by atoms with Gasteiger partial charge in [0, 0.05) is 19.1 Å². The minimum Gasteiger partial charge on any atom is -0.296 e. The van der Waals surface area contributed by atoms with E-state index in [-0.39, 0.29) is 0 Å². The van der Waals surface area contributed by atoms with Crippen LogP contribution in [0, 0.1) is 11.8 Å². The predicted molar refractivity (Wildman–Crippen MR) is 73.9 cm³/mol. The summed E-state index contributed by atoms with van der Waals surface area (Å²) in [5.41, 5.74) is 1.45. The van der Waals surface area contributed by atoms with E-state index in [1.165, 1.54) is 24.9 Å². The monoisotopic (exact) mass is 231 g/mol. The first kappa shape index (κ1) is 12.6. The summed E-state index contributed by atoms with van der Waals surface area (Å²) in [4.78, 5) is 2.66. The molecule has 0 spiro atoms. The van der Waals surface area contributed by atoms with Gasteiger partial charge in [0.1, 0.15) is 0 Å². The molecule has 1 aromatic carbocycles. The minimum atomic E-state index is 0.741. The third-order valence-electron chi connectivity index (χ3n) is 4.22. The smallest absolute Gasteiger partial charge is 0.0236 e. The van der Waals surface area contributed by atoms with Crippen LogP contribution in [0.2, 0.25) is 0 Å². The maximum absolute atomic E-state index is 2.66. The Kier molecular flexibility index (Phi) is 4.22. The first-order valence-electron chi connectivity index (χ1n) is 6.95. The van der Waals surface area contributed by atoms with Gasteiger partial charge < -0.3 is 0 Å². The van der Waals surface area contributed by atoms with Crippen molar-refractivity contribution in [2.75, 3.05) is 6.54 Å². The molecule has 0 saturated carbocycles.